The first-order valence-electron chi connectivity index (χ1n) is 15.6. The maximum absolute atomic E-state index is 11.5. The van der Waals surface area contributed by atoms with Gasteiger partial charge >= 0.3 is 11.9 Å². The Hall–Kier alpha value is -5.66. The Morgan fingerprint density at radius 3 is 0.979 bits per heavy atom. The summed E-state index contributed by atoms with van der Waals surface area (Å²) in [5, 5.41) is 41.2. The maximum Gasteiger partial charge on any atom is 0.307 e. The highest BCUT2D eigenvalue weighted by atomic mass is 16.4. The standard InChI is InChI=1S/C30H22O2.C12H16O4/c31-29(25-15-5-1-6-16-25,26-17-7-2-8-18-26)23-13-14-24-30(32,27-19-9-3-10-20-27)28-21-11-4-12-22-28;1-3-5-7-9(11(13)14)8(6-4-2)10(7)12(15)16/h1-12,15-22,31-32H;3-10H,1-2H3,(H,13,14)(H,15,16)/b;5-3+,6-4+. The summed E-state index contributed by atoms with van der Waals surface area (Å²) in [6, 6.07) is 37.1. The first kappa shape index (κ1) is 35.2. The summed E-state index contributed by atoms with van der Waals surface area (Å²) >= 11 is 0. The third-order valence-corrected chi connectivity index (χ3v) is 8.37. The topological polar surface area (TPSA) is 115 Å². The van der Waals surface area contributed by atoms with Crippen LogP contribution in [0.4, 0.5) is 0 Å². The van der Waals surface area contributed by atoms with Crippen molar-refractivity contribution in [3.8, 4) is 23.7 Å². The number of carboxylic acids is 2. The molecule has 0 radical (unpaired) electrons. The van der Waals surface area contributed by atoms with Gasteiger partial charge in [0, 0.05) is 34.1 Å². The van der Waals surface area contributed by atoms with Crippen molar-refractivity contribution in [1.82, 2.24) is 0 Å². The van der Waals surface area contributed by atoms with E-state index in [1.165, 1.54) is 0 Å². The van der Waals surface area contributed by atoms with Crippen LogP contribution in [0.15, 0.2) is 146 Å². The van der Waals surface area contributed by atoms with Gasteiger partial charge in [0.2, 0.25) is 0 Å². The fourth-order valence-corrected chi connectivity index (χ4v) is 5.98. The first-order chi connectivity index (χ1) is 23.2. The van der Waals surface area contributed by atoms with Crippen LogP contribution in [-0.2, 0) is 20.8 Å². The molecule has 0 amide bonds. The van der Waals surface area contributed by atoms with E-state index in [1.807, 2.05) is 121 Å². The SMILES string of the molecule is C/C=C/C1C(C(=O)O)C(/C=C/C)C1C(=O)O.OC(C#CC#CC(O)(c1ccccc1)c1ccccc1)(c1ccccc1)c1ccccc1. The van der Waals surface area contributed by atoms with E-state index in [2.05, 4.69) is 23.7 Å². The number of hydrogen-bond donors (Lipinski definition) is 4. The molecule has 6 nitrogen and oxygen atoms in total. The third-order valence-electron chi connectivity index (χ3n) is 8.37. The molecule has 0 unspecified atom stereocenters. The molecule has 0 spiro atoms. The van der Waals surface area contributed by atoms with Crippen molar-refractivity contribution in [2.45, 2.75) is 25.0 Å². The van der Waals surface area contributed by atoms with Crippen molar-refractivity contribution >= 4 is 11.9 Å². The van der Waals surface area contributed by atoms with Crippen LogP contribution in [0.2, 0.25) is 0 Å². The lowest BCUT2D eigenvalue weighted by Crippen LogP contribution is -2.52. The van der Waals surface area contributed by atoms with Crippen LogP contribution in [-0.4, -0.2) is 32.4 Å². The minimum absolute atomic E-state index is 0.402. The molecule has 1 aliphatic rings. The molecule has 4 N–H and O–H groups in total. The second kappa shape index (κ2) is 16.3. The Balaban J connectivity index is 0.000000274. The average Bonchev–Trinajstić information content (AvgIpc) is 3.11. The van der Waals surface area contributed by atoms with Gasteiger partial charge in [-0.2, -0.15) is 0 Å². The number of aliphatic hydroxyl groups is 2. The molecule has 1 fully saturated rings. The Labute approximate surface area is 281 Å². The Bertz CT molecular complexity index is 1620. The number of rotatable bonds is 8. The molecule has 48 heavy (non-hydrogen) atoms. The number of allylic oxidation sites excluding steroid dienone is 4. The molecule has 4 aromatic rings. The lowest BCUT2D eigenvalue weighted by Gasteiger charge is -2.45. The molecular formula is C42H38O6. The fourth-order valence-electron chi connectivity index (χ4n) is 5.98. The maximum atomic E-state index is 11.5. The Morgan fingerprint density at radius 1 is 0.521 bits per heavy atom. The second-order valence-electron chi connectivity index (χ2n) is 11.3. The largest absolute Gasteiger partial charge is 0.481 e. The van der Waals surface area contributed by atoms with E-state index in [0.717, 1.165) is 0 Å². The lowest BCUT2D eigenvalue weighted by atomic mass is 9.56. The Kier molecular flexibility index (Phi) is 11.9. The molecule has 0 atom stereocenters. The van der Waals surface area contributed by atoms with Gasteiger partial charge in [0.05, 0.1) is 11.8 Å². The third kappa shape index (κ3) is 7.82. The zero-order valence-electron chi connectivity index (χ0n) is 26.8. The van der Waals surface area contributed by atoms with E-state index in [9.17, 15) is 19.8 Å². The second-order valence-corrected chi connectivity index (χ2v) is 11.3. The van der Waals surface area contributed by atoms with Crippen molar-refractivity contribution in [2.75, 3.05) is 0 Å². The normalized spacial score (nSPS) is 18.7. The number of carboxylic acid groups (broad SMARTS) is 2. The molecular weight excluding hydrogens is 600 g/mol. The molecule has 6 heteroatoms. The lowest BCUT2D eigenvalue weighted by molar-refractivity contribution is -0.164. The van der Waals surface area contributed by atoms with Crippen LogP contribution < -0.4 is 0 Å². The summed E-state index contributed by atoms with van der Waals surface area (Å²) in [4.78, 5) is 22.1. The van der Waals surface area contributed by atoms with Crippen LogP contribution in [0.25, 0.3) is 0 Å². The van der Waals surface area contributed by atoms with Crippen LogP contribution in [0, 0.1) is 47.4 Å². The van der Waals surface area contributed by atoms with Crippen LogP contribution in [0.5, 0.6) is 0 Å². The Morgan fingerprint density at radius 2 is 0.771 bits per heavy atom. The summed E-state index contributed by atoms with van der Waals surface area (Å²) in [6.07, 6.45) is 6.78. The zero-order valence-corrected chi connectivity index (χ0v) is 26.8. The number of aliphatic carboxylic acids is 2. The molecule has 0 bridgehead atoms. The molecule has 0 saturated heterocycles. The highest BCUT2D eigenvalue weighted by Gasteiger charge is 2.55. The van der Waals surface area contributed by atoms with Gasteiger partial charge in [-0.05, 0) is 37.5 Å². The average molecular weight is 639 g/mol. The smallest absolute Gasteiger partial charge is 0.307 e. The highest BCUT2D eigenvalue weighted by molar-refractivity contribution is 5.81. The summed E-state index contributed by atoms with van der Waals surface area (Å²) < 4.78 is 0. The van der Waals surface area contributed by atoms with E-state index in [1.54, 1.807) is 38.2 Å². The predicted molar refractivity (Wildman–Crippen MR) is 186 cm³/mol. The molecule has 1 saturated carbocycles. The van der Waals surface area contributed by atoms with Crippen LogP contribution in [0.1, 0.15) is 36.1 Å². The van der Waals surface area contributed by atoms with Gasteiger partial charge in [-0.15, -0.1) is 0 Å². The van der Waals surface area contributed by atoms with E-state index in [4.69, 9.17) is 10.2 Å². The molecule has 5 rings (SSSR count). The summed E-state index contributed by atoms with van der Waals surface area (Å²) in [5.41, 5.74) is -0.420. The van der Waals surface area contributed by atoms with Gasteiger partial charge in [-0.25, -0.2) is 0 Å². The first-order valence-corrected chi connectivity index (χ1v) is 15.6. The summed E-state index contributed by atoms with van der Waals surface area (Å²) in [5.74, 6) is 7.55. The van der Waals surface area contributed by atoms with E-state index >= 15 is 0 Å². The van der Waals surface area contributed by atoms with Gasteiger partial charge in [0.25, 0.3) is 0 Å². The number of carbonyl (C=O) groups is 2. The molecule has 0 heterocycles. The van der Waals surface area contributed by atoms with Gasteiger partial charge in [-0.3, -0.25) is 9.59 Å². The fraction of sp³-hybridized carbons (Fsp3) is 0.190. The van der Waals surface area contributed by atoms with Crippen molar-refractivity contribution in [3.05, 3.63) is 168 Å². The van der Waals surface area contributed by atoms with Crippen molar-refractivity contribution in [1.29, 1.82) is 0 Å². The zero-order chi connectivity index (χ0) is 34.6. The van der Waals surface area contributed by atoms with E-state index < -0.39 is 46.8 Å². The molecule has 4 aromatic carbocycles. The van der Waals surface area contributed by atoms with Gasteiger partial charge < -0.3 is 20.4 Å². The van der Waals surface area contributed by atoms with Crippen molar-refractivity contribution in [3.63, 3.8) is 0 Å². The van der Waals surface area contributed by atoms with Gasteiger partial charge in [0.15, 0.2) is 11.2 Å². The van der Waals surface area contributed by atoms with Crippen LogP contribution >= 0.6 is 0 Å². The minimum Gasteiger partial charge on any atom is -0.481 e. The van der Waals surface area contributed by atoms with Gasteiger partial charge in [0.1, 0.15) is 0 Å². The minimum atomic E-state index is -1.52. The van der Waals surface area contributed by atoms with Gasteiger partial charge in [-0.1, -0.05) is 146 Å². The predicted octanol–water partition coefficient (Wildman–Crippen LogP) is 6.65. The summed E-state index contributed by atoms with van der Waals surface area (Å²) in [7, 11) is 0. The molecule has 242 valence electrons. The number of hydrogen-bond acceptors (Lipinski definition) is 4. The molecule has 1 aliphatic carbocycles. The number of benzene rings is 4. The quantitative estimate of drug-likeness (QED) is 0.127. The van der Waals surface area contributed by atoms with E-state index in [-0.39, 0.29) is 0 Å². The van der Waals surface area contributed by atoms with Crippen molar-refractivity contribution in [2.24, 2.45) is 23.7 Å². The monoisotopic (exact) mass is 638 g/mol. The van der Waals surface area contributed by atoms with Crippen LogP contribution in [0.3, 0.4) is 0 Å². The van der Waals surface area contributed by atoms with E-state index in [0.29, 0.717) is 22.3 Å². The summed E-state index contributed by atoms with van der Waals surface area (Å²) in [6.45, 7) is 3.53. The molecule has 0 aromatic heterocycles. The molecule has 0 aliphatic heterocycles. The van der Waals surface area contributed by atoms with Crippen molar-refractivity contribution < 1.29 is 30.0 Å². The highest BCUT2D eigenvalue weighted by Crippen LogP contribution is 2.48.